The van der Waals surface area contributed by atoms with Crippen LogP contribution in [0.15, 0.2) is 17.8 Å². The Bertz CT molecular complexity index is 773. The molecule has 1 saturated carbocycles. The van der Waals surface area contributed by atoms with Gasteiger partial charge in [-0.05, 0) is 26.2 Å². The van der Waals surface area contributed by atoms with E-state index >= 15 is 0 Å². The van der Waals surface area contributed by atoms with E-state index in [9.17, 15) is 9.59 Å². The first-order valence-electron chi connectivity index (χ1n) is 9.25. The van der Waals surface area contributed by atoms with Crippen molar-refractivity contribution in [2.75, 3.05) is 19.7 Å². The predicted octanol–water partition coefficient (Wildman–Crippen LogP) is 1.47. The molecule has 0 bridgehead atoms. The maximum Gasteiger partial charge on any atom is 0.229 e. The summed E-state index contributed by atoms with van der Waals surface area (Å²) in [6, 6.07) is -0.0126. The van der Waals surface area contributed by atoms with Crippen molar-refractivity contribution >= 4 is 28.1 Å². The predicted molar refractivity (Wildman–Crippen MR) is 98.0 cm³/mol. The molecular formula is C18H24N4O3S. The fraction of sp³-hybridized carbons (Fsp3) is 0.611. The van der Waals surface area contributed by atoms with Crippen LogP contribution in [0, 0.1) is 5.92 Å². The van der Waals surface area contributed by atoms with Crippen LogP contribution in [0.4, 0.5) is 0 Å². The Kier molecular flexibility index (Phi) is 4.95. The Balaban J connectivity index is 1.46. The van der Waals surface area contributed by atoms with E-state index in [-0.39, 0.29) is 29.9 Å². The second-order valence-corrected chi connectivity index (χ2v) is 7.84. The third-order valence-corrected chi connectivity index (χ3v) is 6.11. The topological polar surface area (TPSA) is 75.9 Å². The number of fused-ring (bicyclic) bond motifs is 2. The summed E-state index contributed by atoms with van der Waals surface area (Å²) in [7, 11) is 0. The molecule has 1 N–H and O–H groups in total. The number of thiazole rings is 1. The molecule has 1 aliphatic carbocycles. The van der Waals surface area contributed by atoms with E-state index in [1.54, 1.807) is 11.3 Å². The Morgan fingerprint density at radius 2 is 2.31 bits per heavy atom. The summed E-state index contributed by atoms with van der Waals surface area (Å²) in [6.45, 7) is 3.72. The third-order valence-electron chi connectivity index (χ3n) is 5.34. The SMILES string of the molecule is CCNC(=O)[C@H]1CC[C@H]2OCCN(C(=O)Cc3cn4ccsc4n3)[C@@H]2C1. The van der Waals surface area contributed by atoms with Crippen molar-refractivity contribution < 1.29 is 14.3 Å². The summed E-state index contributed by atoms with van der Waals surface area (Å²) in [5.41, 5.74) is 0.793. The number of nitrogens with one attached hydrogen (secondary N) is 1. The lowest BCUT2D eigenvalue weighted by molar-refractivity contribution is -0.153. The summed E-state index contributed by atoms with van der Waals surface area (Å²) in [5, 5.41) is 4.89. The molecule has 2 fully saturated rings. The van der Waals surface area contributed by atoms with Gasteiger partial charge in [-0.3, -0.25) is 14.0 Å². The Hall–Kier alpha value is -1.93. The molecule has 0 spiro atoms. The molecule has 3 heterocycles. The molecule has 8 heteroatoms. The smallest absolute Gasteiger partial charge is 0.229 e. The van der Waals surface area contributed by atoms with Crippen LogP contribution in [0.5, 0.6) is 0 Å². The molecule has 0 unspecified atom stereocenters. The molecule has 2 amide bonds. The molecule has 7 nitrogen and oxygen atoms in total. The molecule has 2 aliphatic rings. The zero-order valence-electron chi connectivity index (χ0n) is 14.9. The highest BCUT2D eigenvalue weighted by atomic mass is 32.1. The highest BCUT2D eigenvalue weighted by Gasteiger charge is 2.41. The lowest BCUT2D eigenvalue weighted by atomic mass is 9.81. The number of morpholine rings is 1. The molecular weight excluding hydrogens is 352 g/mol. The van der Waals surface area contributed by atoms with Crippen LogP contribution < -0.4 is 5.32 Å². The van der Waals surface area contributed by atoms with E-state index in [2.05, 4.69) is 10.3 Å². The average molecular weight is 376 g/mol. The minimum atomic E-state index is -0.0360. The maximum absolute atomic E-state index is 12.9. The van der Waals surface area contributed by atoms with Crippen molar-refractivity contribution in [3.8, 4) is 0 Å². The van der Waals surface area contributed by atoms with Crippen LogP contribution in [0.25, 0.3) is 4.96 Å². The first-order chi connectivity index (χ1) is 12.7. The zero-order valence-corrected chi connectivity index (χ0v) is 15.7. The second-order valence-electron chi connectivity index (χ2n) is 6.97. The molecule has 3 atom stereocenters. The van der Waals surface area contributed by atoms with Crippen LogP contribution in [0.1, 0.15) is 31.9 Å². The maximum atomic E-state index is 12.9. The highest BCUT2D eigenvalue weighted by Crippen LogP contribution is 2.32. The summed E-state index contributed by atoms with van der Waals surface area (Å²) in [6.07, 6.45) is 6.54. The van der Waals surface area contributed by atoms with Crippen molar-refractivity contribution in [1.82, 2.24) is 19.6 Å². The van der Waals surface area contributed by atoms with Crippen LogP contribution in [-0.2, 0) is 20.7 Å². The van der Waals surface area contributed by atoms with E-state index in [0.29, 0.717) is 32.5 Å². The number of imidazole rings is 1. The molecule has 2 aromatic heterocycles. The van der Waals surface area contributed by atoms with Gasteiger partial charge in [-0.25, -0.2) is 4.98 Å². The lowest BCUT2D eigenvalue weighted by Crippen LogP contribution is -2.57. The third kappa shape index (κ3) is 3.35. The monoisotopic (exact) mass is 376 g/mol. The Labute approximate surface area is 156 Å². The fourth-order valence-electron chi connectivity index (χ4n) is 4.09. The number of carbonyl (C=O) groups is 2. The van der Waals surface area contributed by atoms with Gasteiger partial charge in [-0.15, -0.1) is 11.3 Å². The van der Waals surface area contributed by atoms with Gasteiger partial charge in [0.1, 0.15) is 0 Å². The summed E-state index contributed by atoms with van der Waals surface area (Å²) >= 11 is 1.56. The highest BCUT2D eigenvalue weighted by molar-refractivity contribution is 7.15. The fourth-order valence-corrected chi connectivity index (χ4v) is 4.81. The molecule has 1 saturated heterocycles. The van der Waals surface area contributed by atoms with Crippen LogP contribution in [0.3, 0.4) is 0 Å². The van der Waals surface area contributed by atoms with Gasteiger partial charge >= 0.3 is 0 Å². The normalized spacial score (nSPS) is 25.9. The van der Waals surface area contributed by atoms with E-state index < -0.39 is 0 Å². The largest absolute Gasteiger partial charge is 0.374 e. The first-order valence-corrected chi connectivity index (χ1v) is 10.1. The summed E-state index contributed by atoms with van der Waals surface area (Å²) in [4.78, 5) is 32.5. The van der Waals surface area contributed by atoms with Crippen molar-refractivity contribution in [2.24, 2.45) is 5.92 Å². The van der Waals surface area contributed by atoms with Gasteiger partial charge in [0, 0.05) is 36.8 Å². The number of amides is 2. The van der Waals surface area contributed by atoms with Gasteiger partial charge in [0.2, 0.25) is 11.8 Å². The van der Waals surface area contributed by atoms with Gasteiger partial charge in [-0.2, -0.15) is 0 Å². The standard InChI is InChI=1S/C18H24N4O3S/c1-2-19-17(24)12-3-4-15-14(9-12)22(5-7-25-15)16(23)10-13-11-21-6-8-26-18(21)20-13/h6,8,11-12,14-15H,2-5,7,9-10H2,1H3,(H,19,24)/t12-,14+,15+/m0/s1. The van der Waals surface area contributed by atoms with Gasteiger partial charge in [0.25, 0.3) is 0 Å². The number of hydrogen-bond acceptors (Lipinski definition) is 5. The van der Waals surface area contributed by atoms with Gasteiger partial charge in [0.15, 0.2) is 4.96 Å². The van der Waals surface area contributed by atoms with E-state index in [1.807, 2.05) is 34.0 Å². The number of hydrogen-bond donors (Lipinski definition) is 1. The van der Waals surface area contributed by atoms with E-state index in [0.717, 1.165) is 23.5 Å². The quantitative estimate of drug-likeness (QED) is 0.877. The zero-order chi connectivity index (χ0) is 18.1. The van der Waals surface area contributed by atoms with E-state index in [4.69, 9.17) is 4.74 Å². The van der Waals surface area contributed by atoms with Crippen LogP contribution in [-0.4, -0.2) is 57.9 Å². The van der Waals surface area contributed by atoms with E-state index in [1.165, 1.54) is 0 Å². The van der Waals surface area contributed by atoms with Crippen LogP contribution in [0.2, 0.25) is 0 Å². The van der Waals surface area contributed by atoms with Crippen molar-refractivity contribution in [2.45, 2.75) is 44.8 Å². The number of ether oxygens (including phenoxy) is 1. The summed E-state index contributed by atoms with van der Waals surface area (Å²) in [5.74, 6) is 0.134. The van der Waals surface area contributed by atoms with Gasteiger partial charge in [0.05, 0.1) is 30.9 Å². The number of nitrogens with zero attached hydrogens (tertiary/aromatic N) is 3. The molecule has 1 aliphatic heterocycles. The molecule has 26 heavy (non-hydrogen) atoms. The summed E-state index contributed by atoms with van der Waals surface area (Å²) < 4.78 is 7.84. The lowest BCUT2D eigenvalue weighted by Gasteiger charge is -2.45. The Morgan fingerprint density at radius 3 is 3.12 bits per heavy atom. The minimum Gasteiger partial charge on any atom is -0.374 e. The molecule has 4 rings (SSSR count). The Morgan fingerprint density at radius 1 is 1.42 bits per heavy atom. The second kappa shape index (κ2) is 7.36. The molecule has 140 valence electrons. The minimum absolute atomic E-state index is 0.0126. The molecule has 0 radical (unpaired) electrons. The molecule has 2 aromatic rings. The van der Waals surface area contributed by atoms with Crippen molar-refractivity contribution in [3.05, 3.63) is 23.5 Å². The number of carbonyl (C=O) groups excluding carboxylic acids is 2. The van der Waals surface area contributed by atoms with Gasteiger partial charge in [-0.1, -0.05) is 0 Å². The number of aromatic nitrogens is 2. The first kappa shape index (κ1) is 17.5. The van der Waals surface area contributed by atoms with Crippen molar-refractivity contribution in [3.63, 3.8) is 0 Å². The van der Waals surface area contributed by atoms with Crippen molar-refractivity contribution in [1.29, 1.82) is 0 Å². The van der Waals surface area contributed by atoms with Gasteiger partial charge < -0.3 is 15.0 Å². The molecule has 0 aromatic carbocycles. The van der Waals surface area contributed by atoms with Crippen LogP contribution >= 0.6 is 11.3 Å². The number of rotatable bonds is 4. The average Bonchev–Trinajstić information content (AvgIpc) is 3.22.